The molecule has 0 amide bonds. The zero-order valence-corrected chi connectivity index (χ0v) is 12.6. The lowest BCUT2D eigenvalue weighted by Gasteiger charge is -2.17. The Morgan fingerprint density at radius 2 is 2.14 bits per heavy atom. The molecule has 2 N–H and O–H groups in total. The zero-order chi connectivity index (χ0) is 15.5. The summed E-state index contributed by atoms with van der Waals surface area (Å²) in [6.45, 7) is 0. The summed E-state index contributed by atoms with van der Waals surface area (Å²) in [5.41, 5.74) is 1.76. The summed E-state index contributed by atoms with van der Waals surface area (Å²) in [5, 5.41) is 10.0. The van der Waals surface area contributed by atoms with Crippen molar-refractivity contribution in [3.05, 3.63) is 35.4 Å². The standard InChI is InChI=1S/C14H19NO5S/c1-20-13(17)7-4-8-21(18,19)15-14-11-6-3-2-5-10(11)9-12(14)16/h2-3,5-6,12,14-16H,4,7-9H2,1H3. The number of hydrogen-bond donors (Lipinski definition) is 2. The molecule has 1 aliphatic rings. The highest BCUT2D eigenvalue weighted by molar-refractivity contribution is 7.89. The molecule has 0 bridgehead atoms. The lowest BCUT2D eigenvalue weighted by atomic mass is 10.1. The predicted molar refractivity (Wildman–Crippen MR) is 77.1 cm³/mol. The quantitative estimate of drug-likeness (QED) is 0.747. The first-order valence-electron chi connectivity index (χ1n) is 6.75. The summed E-state index contributed by atoms with van der Waals surface area (Å²) in [6.07, 6.45) is -0.0862. The number of hydrogen-bond acceptors (Lipinski definition) is 5. The molecule has 0 saturated carbocycles. The first kappa shape index (κ1) is 15.9. The van der Waals surface area contributed by atoms with E-state index in [0.717, 1.165) is 11.1 Å². The van der Waals surface area contributed by atoms with E-state index >= 15 is 0 Å². The van der Waals surface area contributed by atoms with Crippen LogP contribution in [-0.2, 0) is 26.0 Å². The molecule has 7 heteroatoms. The van der Waals surface area contributed by atoms with E-state index in [4.69, 9.17) is 0 Å². The van der Waals surface area contributed by atoms with Crippen molar-refractivity contribution in [1.82, 2.24) is 4.72 Å². The second kappa shape index (κ2) is 6.55. The Labute approximate surface area is 124 Å². The van der Waals surface area contributed by atoms with Crippen molar-refractivity contribution in [3.63, 3.8) is 0 Å². The van der Waals surface area contributed by atoms with Crippen LogP contribution in [0.2, 0.25) is 0 Å². The molecular weight excluding hydrogens is 294 g/mol. The molecule has 0 fully saturated rings. The summed E-state index contributed by atoms with van der Waals surface area (Å²) in [7, 11) is -2.30. The molecule has 2 atom stereocenters. The number of carbonyl (C=O) groups is 1. The Hall–Kier alpha value is -1.44. The number of aliphatic hydroxyl groups is 1. The summed E-state index contributed by atoms with van der Waals surface area (Å²) < 4.78 is 31.1. The number of ether oxygens (including phenoxy) is 1. The molecular formula is C14H19NO5S. The van der Waals surface area contributed by atoms with Gasteiger partial charge in [-0.3, -0.25) is 4.79 Å². The monoisotopic (exact) mass is 313 g/mol. The molecule has 0 aromatic heterocycles. The van der Waals surface area contributed by atoms with Gasteiger partial charge in [0.05, 0.1) is 25.0 Å². The maximum Gasteiger partial charge on any atom is 0.305 e. The maximum atomic E-state index is 12.0. The van der Waals surface area contributed by atoms with Crippen molar-refractivity contribution in [2.45, 2.75) is 31.4 Å². The number of methoxy groups -OCH3 is 1. The zero-order valence-electron chi connectivity index (χ0n) is 11.8. The SMILES string of the molecule is COC(=O)CCCS(=O)(=O)NC1c2ccccc2CC1O. The van der Waals surface area contributed by atoms with Gasteiger partial charge in [0.25, 0.3) is 0 Å². The van der Waals surface area contributed by atoms with Gasteiger partial charge in [0, 0.05) is 12.8 Å². The maximum absolute atomic E-state index is 12.0. The van der Waals surface area contributed by atoms with Gasteiger partial charge >= 0.3 is 5.97 Å². The molecule has 2 rings (SSSR count). The van der Waals surface area contributed by atoms with Gasteiger partial charge < -0.3 is 9.84 Å². The number of benzene rings is 1. The third kappa shape index (κ3) is 4.03. The minimum atomic E-state index is -3.56. The fourth-order valence-corrected chi connectivity index (χ4v) is 3.79. The average molecular weight is 313 g/mol. The van der Waals surface area contributed by atoms with E-state index in [2.05, 4.69) is 9.46 Å². The van der Waals surface area contributed by atoms with Crippen LogP contribution in [0.15, 0.2) is 24.3 Å². The van der Waals surface area contributed by atoms with Crippen LogP contribution in [-0.4, -0.2) is 38.5 Å². The fraction of sp³-hybridized carbons (Fsp3) is 0.500. The Morgan fingerprint density at radius 3 is 2.86 bits per heavy atom. The number of carbonyl (C=O) groups excluding carboxylic acids is 1. The fourth-order valence-electron chi connectivity index (χ4n) is 2.48. The van der Waals surface area contributed by atoms with Crippen molar-refractivity contribution >= 4 is 16.0 Å². The van der Waals surface area contributed by atoms with E-state index in [-0.39, 0.29) is 18.6 Å². The average Bonchev–Trinajstić information content (AvgIpc) is 2.74. The normalized spacial score (nSPS) is 21.0. The minimum absolute atomic E-state index is 0.0568. The minimum Gasteiger partial charge on any atom is -0.469 e. The second-order valence-electron chi connectivity index (χ2n) is 5.06. The number of sulfonamides is 1. The van der Waals surface area contributed by atoms with Gasteiger partial charge in [-0.15, -0.1) is 0 Å². The molecule has 0 heterocycles. The van der Waals surface area contributed by atoms with Crippen molar-refractivity contribution in [3.8, 4) is 0 Å². The highest BCUT2D eigenvalue weighted by Gasteiger charge is 2.33. The number of rotatable bonds is 6. The van der Waals surface area contributed by atoms with Crippen molar-refractivity contribution in [2.24, 2.45) is 0 Å². The molecule has 1 aromatic rings. The molecule has 1 aliphatic carbocycles. The molecule has 0 radical (unpaired) electrons. The van der Waals surface area contributed by atoms with E-state index in [0.29, 0.717) is 6.42 Å². The molecule has 116 valence electrons. The van der Waals surface area contributed by atoms with Gasteiger partial charge in [-0.2, -0.15) is 0 Å². The number of esters is 1. The highest BCUT2D eigenvalue weighted by atomic mass is 32.2. The smallest absolute Gasteiger partial charge is 0.305 e. The van der Waals surface area contributed by atoms with Crippen LogP contribution in [0.1, 0.15) is 30.0 Å². The van der Waals surface area contributed by atoms with E-state index < -0.39 is 28.1 Å². The van der Waals surface area contributed by atoms with Crippen LogP contribution >= 0.6 is 0 Å². The van der Waals surface area contributed by atoms with Crippen LogP contribution in [0.5, 0.6) is 0 Å². The van der Waals surface area contributed by atoms with Crippen LogP contribution in [0.25, 0.3) is 0 Å². The lowest BCUT2D eigenvalue weighted by molar-refractivity contribution is -0.140. The lowest BCUT2D eigenvalue weighted by Crippen LogP contribution is -2.35. The van der Waals surface area contributed by atoms with E-state index in [9.17, 15) is 18.3 Å². The number of aliphatic hydroxyl groups excluding tert-OH is 1. The van der Waals surface area contributed by atoms with Crippen molar-refractivity contribution in [1.29, 1.82) is 0 Å². The first-order chi connectivity index (χ1) is 9.93. The van der Waals surface area contributed by atoms with E-state index in [1.165, 1.54) is 7.11 Å². The summed E-state index contributed by atoms with van der Waals surface area (Å²) in [6, 6.07) is 6.75. The van der Waals surface area contributed by atoms with Crippen LogP contribution < -0.4 is 4.72 Å². The van der Waals surface area contributed by atoms with Crippen LogP contribution in [0.4, 0.5) is 0 Å². The third-order valence-corrected chi connectivity index (χ3v) is 4.97. The van der Waals surface area contributed by atoms with Gasteiger partial charge in [0.1, 0.15) is 0 Å². The molecule has 0 spiro atoms. The summed E-state index contributed by atoms with van der Waals surface area (Å²) >= 11 is 0. The molecule has 2 unspecified atom stereocenters. The third-order valence-electron chi connectivity index (χ3n) is 3.53. The Bertz CT molecular complexity index is 614. The predicted octanol–water partition coefficient (Wildman–Crippen LogP) is 0.517. The highest BCUT2D eigenvalue weighted by Crippen LogP contribution is 2.31. The van der Waals surface area contributed by atoms with Crippen LogP contribution in [0, 0.1) is 0 Å². The Kier molecular flexibility index (Phi) is 4.97. The topological polar surface area (TPSA) is 92.7 Å². The van der Waals surface area contributed by atoms with Crippen molar-refractivity contribution < 1.29 is 23.1 Å². The van der Waals surface area contributed by atoms with Crippen molar-refractivity contribution in [2.75, 3.05) is 12.9 Å². The molecule has 0 aliphatic heterocycles. The van der Waals surface area contributed by atoms with Gasteiger partial charge in [-0.05, 0) is 17.5 Å². The second-order valence-corrected chi connectivity index (χ2v) is 6.94. The summed E-state index contributed by atoms with van der Waals surface area (Å²) in [4.78, 5) is 11.0. The van der Waals surface area contributed by atoms with Gasteiger partial charge in [0.15, 0.2) is 0 Å². The first-order valence-corrected chi connectivity index (χ1v) is 8.41. The largest absolute Gasteiger partial charge is 0.469 e. The van der Waals surface area contributed by atoms with Gasteiger partial charge in [0.2, 0.25) is 10.0 Å². The van der Waals surface area contributed by atoms with Crippen LogP contribution in [0.3, 0.4) is 0 Å². The molecule has 1 aromatic carbocycles. The van der Waals surface area contributed by atoms with E-state index in [1.54, 1.807) is 0 Å². The van der Waals surface area contributed by atoms with Gasteiger partial charge in [-0.25, -0.2) is 13.1 Å². The van der Waals surface area contributed by atoms with Gasteiger partial charge in [-0.1, -0.05) is 24.3 Å². The number of fused-ring (bicyclic) bond motifs is 1. The molecule has 0 saturated heterocycles. The van der Waals surface area contributed by atoms with E-state index in [1.807, 2.05) is 24.3 Å². The Balaban J connectivity index is 1.99. The Morgan fingerprint density at radius 1 is 1.43 bits per heavy atom. The molecule has 21 heavy (non-hydrogen) atoms. The number of nitrogens with one attached hydrogen (secondary N) is 1. The summed E-state index contributed by atoms with van der Waals surface area (Å²) in [5.74, 6) is -0.607. The molecule has 6 nitrogen and oxygen atoms in total.